The van der Waals surface area contributed by atoms with Crippen LogP contribution >= 0.6 is 0 Å². The predicted molar refractivity (Wildman–Crippen MR) is 112 cm³/mol. The van der Waals surface area contributed by atoms with Gasteiger partial charge in [-0.2, -0.15) is 0 Å². The first-order valence-electron chi connectivity index (χ1n) is 10.2. The summed E-state index contributed by atoms with van der Waals surface area (Å²) in [6.07, 6.45) is 4.46. The Labute approximate surface area is 166 Å². The molecular weight excluding hydrogens is 352 g/mol. The second kappa shape index (κ2) is 8.69. The van der Waals surface area contributed by atoms with Crippen LogP contribution in [-0.4, -0.2) is 37.8 Å². The fourth-order valence-corrected chi connectivity index (χ4v) is 3.58. The lowest BCUT2D eigenvalue weighted by Crippen LogP contribution is -2.12. The van der Waals surface area contributed by atoms with Crippen LogP contribution in [0.2, 0.25) is 0 Å². The predicted octanol–water partition coefficient (Wildman–Crippen LogP) is 4.27. The molecule has 0 bridgehead atoms. The van der Waals surface area contributed by atoms with Crippen molar-refractivity contribution in [2.75, 3.05) is 13.2 Å². The van der Waals surface area contributed by atoms with Gasteiger partial charge in [0.15, 0.2) is 5.65 Å². The lowest BCUT2D eigenvalue weighted by molar-refractivity contribution is 0.227. The van der Waals surface area contributed by atoms with Gasteiger partial charge in [0.1, 0.15) is 5.52 Å². The van der Waals surface area contributed by atoms with Gasteiger partial charge in [0.25, 0.3) is 0 Å². The summed E-state index contributed by atoms with van der Waals surface area (Å²) >= 11 is 0. The summed E-state index contributed by atoms with van der Waals surface area (Å²) in [6.45, 7) is 10.9. The number of aliphatic hydroxyl groups excluding tert-OH is 1. The monoisotopic (exact) mass is 382 g/mol. The summed E-state index contributed by atoms with van der Waals surface area (Å²) in [4.78, 5) is 14.7. The van der Waals surface area contributed by atoms with E-state index in [1.54, 1.807) is 0 Å². The van der Waals surface area contributed by atoms with E-state index in [0.717, 1.165) is 58.6 Å². The van der Waals surface area contributed by atoms with Crippen LogP contribution < -0.4 is 4.74 Å². The zero-order valence-electron chi connectivity index (χ0n) is 17.5. The van der Waals surface area contributed by atoms with Gasteiger partial charge in [0, 0.05) is 17.8 Å². The maximum atomic E-state index is 9.76. The molecule has 3 aromatic rings. The van der Waals surface area contributed by atoms with Gasteiger partial charge in [-0.05, 0) is 44.7 Å². The zero-order valence-corrected chi connectivity index (χ0v) is 17.5. The molecule has 6 heteroatoms. The molecule has 0 aliphatic heterocycles. The van der Waals surface area contributed by atoms with Crippen LogP contribution in [0.25, 0.3) is 22.4 Å². The minimum atomic E-state index is 0.0133. The third-order valence-electron chi connectivity index (χ3n) is 5.14. The van der Waals surface area contributed by atoms with Crippen molar-refractivity contribution < 1.29 is 9.84 Å². The van der Waals surface area contributed by atoms with Gasteiger partial charge in [0.05, 0.1) is 36.3 Å². The van der Waals surface area contributed by atoms with Crippen molar-refractivity contribution in [3.63, 3.8) is 0 Å². The van der Waals surface area contributed by atoms with Crippen molar-refractivity contribution in [2.24, 2.45) is 0 Å². The van der Waals surface area contributed by atoms with Crippen molar-refractivity contribution in [1.82, 2.24) is 19.5 Å². The maximum Gasteiger partial charge on any atom is 0.213 e. The van der Waals surface area contributed by atoms with Crippen molar-refractivity contribution in [3.05, 3.63) is 35.3 Å². The number of hydrogen-bond donors (Lipinski definition) is 1. The van der Waals surface area contributed by atoms with Crippen molar-refractivity contribution in [3.8, 4) is 17.1 Å². The molecule has 1 N–H and O–H groups in total. The molecule has 150 valence electrons. The Morgan fingerprint density at radius 1 is 1.04 bits per heavy atom. The molecule has 0 spiro atoms. The average molecular weight is 383 g/mol. The van der Waals surface area contributed by atoms with E-state index in [4.69, 9.17) is 14.7 Å². The highest BCUT2D eigenvalue weighted by atomic mass is 16.5. The first-order chi connectivity index (χ1) is 13.6. The number of nitrogens with zero attached hydrogens (tertiary/aromatic N) is 4. The minimum Gasteiger partial charge on any atom is -0.478 e. The molecular formula is C22H30N4O2. The molecule has 28 heavy (non-hydrogen) atoms. The highest BCUT2D eigenvalue weighted by Gasteiger charge is 2.20. The molecule has 0 unspecified atom stereocenters. The second-order valence-electron chi connectivity index (χ2n) is 6.94. The fraction of sp³-hybridized carbons (Fsp3) is 0.500. The maximum absolute atomic E-state index is 9.76. The molecule has 0 amide bonds. The summed E-state index contributed by atoms with van der Waals surface area (Å²) in [5, 5.41) is 9.76. The normalized spacial score (nSPS) is 12.5. The van der Waals surface area contributed by atoms with E-state index in [9.17, 15) is 5.11 Å². The second-order valence-corrected chi connectivity index (χ2v) is 6.94. The number of aliphatic hydroxyl groups is 1. The summed E-state index contributed by atoms with van der Waals surface area (Å²) in [5.41, 5.74) is 6.61. The molecule has 0 aliphatic rings. The number of ether oxygens (including phenoxy) is 1. The Balaban J connectivity index is 2.21. The van der Waals surface area contributed by atoms with Crippen molar-refractivity contribution in [1.29, 1.82) is 0 Å². The third kappa shape index (κ3) is 3.61. The van der Waals surface area contributed by atoms with Gasteiger partial charge in [0.2, 0.25) is 5.88 Å². The number of aromatic nitrogens is 4. The first-order valence-corrected chi connectivity index (χ1v) is 10.2. The van der Waals surface area contributed by atoms with Gasteiger partial charge in [-0.25, -0.2) is 15.0 Å². The quantitative estimate of drug-likeness (QED) is 0.630. The van der Waals surface area contributed by atoms with E-state index in [1.807, 2.05) is 26.0 Å². The molecule has 0 aliphatic carbocycles. The highest BCUT2D eigenvalue weighted by Crippen LogP contribution is 2.31. The highest BCUT2D eigenvalue weighted by molar-refractivity contribution is 5.80. The number of aryl methyl sites for hydroxylation is 3. The number of rotatable bonds is 8. The third-order valence-corrected chi connectivity index (χ3v) is 5.14. The summed E-state index contributed by atoms with van der Waals surface area (Å²) in [7, 11) is 0. The Morgan fingerprint density at radius 3 is 2.39 bits per heavy atom. The van der Waals surface area contributed by atoms with Crippen LogP contribution in [0, 0.1) is 6.92 Å². The Morgan fingerprint density at radius 2 is 1.79 bits per heavy atom. The zero-order chi connectivity index (χ0) is 20.3. The largest absolute Gasteiger partial charge is 0.478 e. The van der Waals surface area contributed by atoms with E-state index in [2.05, 4.69) is 36.5 Å². The van der Waals surface area contributed by atoms with Crippen LogP contribution in [0.4, 0.5) is 0 Å². The average Bonchev–Trinajstić information content (AvgIpc) is 3.03. The van der Waals surface area contributed by atoms with E-state index < -0.39 is 0 Å². The smallest absolute Gasteiger partial charge is 0.213 e. The first kappa shape index (κ1) is 20.3. The molecule has 0 saturated heterocycles. The molecule has 0 aromatic carbocycles. The van der Waals surface area contributed by atoms with Gasteiger partial charge >= 0.3 is 0 Å². The van der Waals surface area contributed by atoms with Gasteiger partial charge in [-0.1, -0.05) is 20.8 Å². The topological polar surface area (TPSA) is 73.1 Å². The van der Waals surface area contributed by atoms with Gasteiger partial charge in [-0.15, -0.1) is 0 Å². The lowest BCUT2D eigenvalue weighted by Gasteiger charge is -2.16. The van der Waals surface area contributed by atoms with Crippen LogP contribution in [0.15, 0.2) is 18.3 Å². The molecule has 0 radical (unpaired) electrons. The summed E-state index contributed by atoms with van der Waals surface area (Å²) < 4.78 is 7.63. The van der Waals surface area contributed by atoms with Crippen LogP contribution in [0.1, 0.15) is 57.1 Å². The molecule has 0 saturated carbocycles. The Bertz CT molecular complexity index is 961. The summed E-state index contributed by atoms with van der Waals surface area (Å²) in [5.74, 6) is 0.645. The van der Waals surface area contributed by atoms with Crippen LogP contribution in [-0.2, 0) is 12.8 Å². The van der Waals surface area contributed by atoms with E-state index in [0.29, 0.717) is 12.5 Å². The van der Waals surface area contributed by atoms with Gasteiger partial charge < -0.3 is 14.4 Å². The van der Waals surface area contributed by atoms with Crippen molar-refractivity contribution in [2.45, 2.75) is 59.9 Å². The number of fused-ring (bicyclic) bond motifs is 1. The van der Waals surface area contributed by atoms with E-state index in [-0.39, 0.29) is 12.6 Å². The lowest BCUT2D eigenvalue weighted by atomic mass is 10.0. The SMILES string of the molecule is CCOc1ccc(-c2nc3c(C)cn([C@@H](CC)CO)c3nc2CC)c(CC)n1. The van der Waals surface area contributed by atoms with Crippen LogP contribution in [0.5, 0.6) is 5.88 Å². The fourth-order valence-electron chi connectivity index (χ4n) is 3.58. The Kier molecular flexibility index (Phi) is 6.29. The van der Waals surface area contributed by atoms with Crippen molar-refractivity contribution >= 4 is 11.2 Å². The standard InChI is InChI=1S/C22H30N4O2/c1-6-15(13-27)26-12-14(5)20-22(26)24-18(8-3)21(25-20)16-10-11-19(28-9-4)23-17(16)7-2/h10-12,15,27H,6-9,13H2,1-5H3/t15-/m0/s1. The van der Waals surface area contributed by atoms with Crippen LogP contribution in [0.3, 0.4) is 0 Å². The van der Waals surface area contributed by atoms with E-state index >= 15 is 0 Å². The molecule has 1 atom stereocenters. The molecule has 3 rings (SSSR count). The Hall–Kier alpha value is -2.47. The number of hydrogen-bond acceptors (Lipinski definition) is 5. The number of pyridine rings is 1. The molecule has 6 nitrogen and oxygen atoms in total. The van der Waals surface area contributed by atoms with E-state index in [1.165, 1.54) is 0 Å². The molecule has 0 fully saturated rings. The molecule has 3 aromatic heterocycles. The van der Waals surface area contributed by atoms with Gasteiger partial charge in [-0.3, -0.25) is 0 Å². The minimum absolute atomic E-state index is 0.0133. The summed E-state index contributed by atoms with van der Waals surface area (Å²) in [6, 6.07) is 3.96. The molecule has 3 heterocycles.